The Morgan fingerprint density at radius 1 is 0.577 bits per heavy atom. The van der Waals surface area contributed by atoms with Gasteiger partial charge in [-0.3, -0.25) is 4.79 Å². The molecule has 0 bridgehead atoms. The number of carbonyl (C=O) groups is 4. The van der Waals surface area contributed by atoms with Crippen LogP contribution in [-0.2, 0) is 57.1 Å². The zero-order valence-electron chi connectivity index (χ0n) is 30.7. The van der Waals surface area contributed by atoms with Crippen molar-refractivity contribution in [3.05, 3.63) is 37.0 Å². The lowest BCUT2D eigenvalue weighted by atomic mass is 9.87. The minimum absolute atomic E-state index is 0.200. The Morgan fingerprint density at radius 2 is 1.02 bits per heavy atom. The second-order valence-electron chi connectivity index (χ2n) is 14.2. The molecule has 4 fully saturated rings. The lowest BCUT2D eigenvalue weighted by molar-refractivity contribution is -0.149. The summed E-state index contributed by atoms with van der Waals surface area (Å²) in [6.45, 7) is 6.68. The van der Waals surface area contributed by atoms with E-state index in [1.54, 1.807) is 0 Å². The molecule has 4 atom stereocenters. The number of hydrogen-bond donors (Lipinski definition) is 0. The van der Waals surface area contributed by atoms with Gasteiger partial charge in [-0.15, -0.1) is 0 Å². The van der Waals surface area contributed by atoms with Gasteiger partial charge in [0.15, 0.2) is 12.2 Å². The van der Waals surface area contributed by atoms with Gasteiger partial charge in [-0.2, -0.15) is 0 Å². The smallest absolute Gasteiger partial charge is 0.330 e. The first-order chi connectivity index (χ1) is 25.4. The molecule has 2 saturated heterocycles. The maximum absolute atomic E-state index is 12.7. The quantitative estimate of drug-likeness (QED) is 0.0384. The third kappa shape index (κ3) is 15.5. The molecule has 4 aliphatic rings. The molecular weight excluding hydrogens is 672 g/mol. The van der Waals surface area contributed by atoms with Gasteiger partial charge in [-0.1, -0.05) is 31.6 Å². The van der Waals surface area contributed by atoms with Crippen molar-refractivity contribution in [1.82, 2.24) is 0 Å². The summed E-state index contributed by atoms with van der Waals surface area (Å²) >= 11 is 0. The summed E-state index contributed by atoms with van der Waals surface area (Å²) in [6.07, 6.45) is 22.2. The van der Waals surface area contributed by atoms with Crippen molar-refractivity contribution in [2.24, 2.45) is 11.8 Å². The molecule has 12 heteroatoms. The van der Waals surface area contributed by atoms with Gasteiger partial charge in [0.1, 0.15) is 12.2 Å². The Kier molecular flexibility index (Phi) is 19.5. The van der Waals surface area contributed by atoms with Crippen LogP contribution < -0.4 is 0 Å². The summed E-state index contributed by atoms with van der Waals surface area (Å²) in [7, 11) is 0. The molecule has 12 nitrogen and oxygen atoms in total. The van der Waals surface area contributed by atoms with E-state index < -0.39 is 36.4 Å². The molecule has 0 aromatic heterocycles. The van der Waals surface area contributed by atoms with Crippen LogP contribution in [-0.4, -0.2) is 101 Å². The lowest BCUT2D eigenvalue weighted by Gasteiger charge is -2.27. The Balaban J connectivity index is 1.02. The average molecular weight is 733 g/mol. The Hall–Kier alpha value is -3.06. The molecule has 2 saturated carbocycles. The number of allylic oxidation sites excluding steroid dienone is 2. The first-order valence-corrected chi connectivity index (χ1v) is 19.5. The SMILES string of the molecule is C=CC(=O)OCCCCCCOC1CCC(/C=C/C(=O)OC2COC3C(OC(=O)/C=C/C4CCC(OCCCCCCOC=O)CC4)COC23)CC1. The molecule has 0 aromatic rings. The van der Waals surface area contributed by atoms with Gasteiger partial charge >= 0.3 is 17.9 Å². The summed E-state index contributed by atoms with van der Waals surface area (Å²) in [6, 6.07) is 0. The summed E-state index contributed by atoms with van der Waals surface area (Å²) in [4.78, 5) is 46.5. The van der Waals surface area contributed by atoms with E-state index in [2.05, 4.69) is 6.58 Å². The molecular formula is C40H60O12. The normalized spacial score (nSPS) is 28.8. The highest BCUT2D eigenvalue weighted by atomic mass is 16.7. The minimum Gasteiger partial charge on any atom is -0.468 e. The van der Waals surface area contributed by atoms with Crippen molar-refractivity contribution in [3.8, 4) is 0 Å². The molecule has 2 aliphatic heterocycles. The maximum atomic E-state index is 12.7. The zero-order valence-corrected chi connectivity index (χ0v) is 30.7. The highest BCUT2D eigenvalue weighted by molar-refractivity contribution is 5.82. The fraction of sp³-hybridized carbons (Fsp3) is 0.750. The number of fused-ring (bicyclic) bond motifs is 1. The van der Waals surface area contributed by atoms with Crippen LogP contribution in [0.1, 0.15) is 103 Å². The minimum atomic E-state index is -0.548. The van der Waals surface area contributed by atoms with Crippen molar-refractivity contribution in [2.75, 3.05) is 39.6 Å². The van der Waals surface area contributed by atoms with Crippen molar-refractivity contribution >= 4 is 24.4 Å². The number of carbonyl (C=O) groups excluding carboxylic acids is 4. The molecule has 0 radical (unpaired) electrons. The van der Waals surface area contributed by atoms with Crippen LogP contribution >= 0.6 is 0 Å². The third-order valence-corrected chi connectivity index (χ3v) is 10.3. The van der Waals surface area contributed by atoms with Gasteiger partial charge in [0.05, 0.1) is 38.6 Å². The second-order valence-corrected chi connectivity index (χ2v) is 14.2. The molecule has 52 heavy (non-hydrogen) atoms. The number of esters is 3. The molecule has 4 rings (SSSR count). The van der Waals surface area contributed by atoms with Crippen LogP contribution in [0.5, 0.6) is 0 Å². The van der Waals surface area contributed by atoms with E-state index in [0.717, 1.165) is 116 Å². The Labute approximate surface area is 308 Å². The second kappa shape index (κ2) is 24.3. The predicted molar refractivity (Wildman–Crippen MR) is 191 cm³/mol. The van der Waals surface area contributed by atoms with Crippen molar-refractivity contribution in [3.63, 3.8) is 0 Å². The van der Waals surface area contributed by atoms with E-state index in [1.165, 1.54) is 18.2 Å². The Morgan fingerprint density at radius 3 is 1.46 bits per heavy atom. The van der Waals surface area contributed by atoms with E-state index in [-0.39, 0.29) is 31.4 Å². The van der Waals surface area contributed by atoms with E-state index in [4.69, 9.17) is 37.9 Å². The molecule has 0 spiro atoms. The highest BCUT2D eigenvalue weighted by Gasteiger charge is 2.51. The first kappa shape index (κ1) is 41.7. The van der Waals surface area contributed by atoms with E-state index >= 15 is 0 Å². The van der Waals surface area contributed by atoms with Crippen molar-refractivity contribution in [2.45, 2.75) is 139 Å². The van der Waals surface area contributed by atoms with Crippen LogP contribution in [0.25, 0.3) is 0 Å². The van der Waals surface area contributed by atoms with Gasteiger partial charge in [0, 0.05) is 31.4 Å². The highest BCUT2D eigenvalue weighted by Crippen LogP contribution is 2.32. The molecule has 292 valence electrons. The molecule has 2 heterocycles. The van der Waals surface area contributed by atoms with Crippen LogP contribution in [0.4, 0.5) is 0 Å². The maximum Gasteiger partial charge on any atom is 0.330 e. The lowest BCUT2D eigenvalue weighted by Crippen LogP contribution is -2.35. The van der Waals surface area contributed by atoms with E-state index in [0.29, 0.717) is 31.5 Å². The number of unbranched alkanes of at least 4 members (excludes halogenated alkanes) is 6. The molecule has 2 aliphatic carbocycles. The molecule has 0 N–H and O–H groups in total. The van der Waals surface area contributed by atoms with Gasteiger partial charge < -0.3 is 37.9 Å². The number of ether oxygens (including phenoxy) is 8. The largest absolute Gasteiger partial charge is 0.468 e. The monoisotopic (exact) mass is 732 g/mol. The summed E-state index contributed by atoms with van der Waals surface area (Å²) in [5.74, 6) is -0.586. The fourth-order valence-electron chi connectivity index (χ4n) is 7.31. The standard InChI is InChI=1S/C40H60O12/c1-2-36(42)48-26-10-6-5-9-25-47-33-19-13-31(14-20-33)16-22-38(44)52-35-28-50-39-34(27-49-40(35)39)51-37(43)21-15-30-11-17-32(18-12-30)46-24-8-4-3-7-23-45-29-41/h2,15-16,21-22,29-35,39-40H,1,3-14,17-20,23-28H2/b21-15+,22-16+. The first-order valence-electron chi connectivity index (χ1n) is 19.5. The summed E-state index contributed by atoms with van der Waals surface area (Å²) in [5.41, 5.74) is 0. The van der Waals surface area contributed by atoms with Crippen LogP contribution in [0.2, 0.25) is 0 Å². The molecule has 4 unspecified atom stereocenters. The number of rotatable bonds is 24. The van der Waals surface area contributed by atoms with Gasteiger partial charge in [0.2, 0.25) is 0 Å². The van der Waals surface area contributed by atoms with Crippen LogP contribution in [0.3, 0.4) is 0 Å². The molecule has 0 amide bonds. The van der Waals surface area contributed by atoms with Crippen molar-refractivity contribution in [1.29, 1.82) is 0 Å². The average Bonchev–Trinajstić information content (AvgIpc) is 3.75. The van der Waals surface area contributed by atoms with Gasteiger partial charge in [-0.05, 0) is 102 Å². The van der Waals surface area contributed by atoms with Gasteiger partial charge in [-0.25, -0.2) is 14.4 Å². The Bertz CT molecular complexity index is 1140. The topological polar surface area (TPSA) is 142 Å². The van der Waals surface area contributed by atoms with E-state index in [9.17, 15) is 19.2 Å². The number of hydrogen-bond acceptors (Lipinski definition) is 12. The fourth-order valence-corrected chi connectivity index (χ4v) is 7.31. The van der Waals surface area contributed by atoms with Crippen LogP contribution in [0.15, 0.2) is 37.0 Å². The zero-order chi connectivity index (χ0) is 36.8. The molecule has 0 aromatic carbocycles. The van der Waals surface area contributed by atoms with Crippen molar-refractivity contribution < 1.29 is 57.1 Å². The van der Waals surface area contributed by atoms with Crippen LogP contribution in [0, 0.1) is 11.8 Å². The summed E-state index contributed by atoms with van der Waals surface area (Å²) in [5, 5.41) is 0. The predicted octanol–water partition coefficient (Wildman–Crippen LogP) is 5.89. The summed E-state index contributed by atoms with van der Waals surface area (Å²) < 4.78 is 44.9. The third-order valence-electron chi connectivity index (χ3n) is 10.3. The van der Waals surface area contributed by atoms with Gasteiger partial charge in [0.25, 0.3) is 6.47 Å². The van der Waals surface area contributed by atoms with E-state index in [1.807, 2.05) is 12.2 Å².